The SMILES string of the molecule is C[C@H]1COC[C@@H]1C1COC/C1=[CH]\[Sn]([c]1ccccc1)([c]1ccccc1)[c]1ccccc1. The Morgan fingerprint density at radius 1 is 0.677 bits per heavy atom. The molecule has 0 saturated carbocycles. The van der Waals surface area contributed by atoms with E-state index in [0.717, 1.165) is 26.4 Å². The Bertz CT molecular complexity index is 920. The molecule has 0 aromatic heterocycles. The number of hydrogen-bond donors (Lipinski definition) is 0. The van der Waals surface area contributed by atoms with Crippen molar-refractivity contribution < 1.29 is 9.47 Å². The molecule has 0 radical (unpaired) electrons. The van der Waals surface area contributed by atoms with Gasteiger partial charge in [-0.1, -0.05) is 0 Å². The standard InChI is InChI=1S/C10H15O2.3C6H5.Sn/c1-7-3-11-5-9(7)10-6-12-4-8(10)2;3*1-2-4-6-5-3-1;/h1,8-10H,3-6H2,2H3;3*1-5H;/t8-,9?,10-;;;;/m0..../s1. The van der Waals surface area contributed by atoms with Gasteiger partial charge in [-0.05, 0) is 0 Å². The first kappa shape index (κ1) is 21.0. The number of hydrogen-bond acceptors (Lipinski definition) is 2. The zero-order valence-corrected chi connectivity index (χ0v) is 21.0. The van der Waals surface area contributed by atoms with Crippen molar-refractivity contribution in [3.8, 4) is 0 Å². The van der Waals surface area contributed by atoms with Crippen LogP contribution in [0.2, 0.25) is 0 Å². The van der Waals surface area contributed by atoms with Crippen LogP contribution in [-0.2, 0) is 9.47 Å². The van der Waals surface area contributed by atoms with Crippen LogP contribution < -0.4 is 10.7 Å². The third-order valence-electron chi connectivity index (χ3n) is 7.07. The Kier molecular flexibility index (Phi) is 6.31. The first-order valence-electron chi connectivity index (χ1n) is 11.3. The molecule has 158 valence electrons. The Hall–Kier alpha value is -1.88. The molecule has 3 atom stereocenters. The fourth-order valence-electron chi connectivity index (χ4n) is 5.39. The summed E-state index contributed by atoms with van der Waals surface area (Å²) in [4.78, 5) is 0. The van der Waals surface area contributed by atoms with Gasteiger partial charge in [-0.2, -0.15) is 0 Å². The van der Waals surface area contributed by atoms with Crippen molar-refractivity contribution in [2.75, 3.05) is 26.4 Å². The summed E-state index contributed by atoms with van der Waals surface area (Å²) in [7, 11) is 0. The monoisotopic (exact) mass is 518 g/mol. The van der Waals surface area contributed by atoms with Crippen LogP contribution in [0.1, 0.15) is 6.92 Å². The molecule has 0 bridgehead atoms. The summed E-state index contributed by atoms with van der Waals surface area (Å²) in [5, 5.41) is 0. The maximum absolute atomic E-state index is 6.09. The van der Waals surface area contributed by atoms with Crippen LogP contribution in [0.4, 0.5) is 0 Å². The van der Waals surface area contributed by atoms with Crippen molar-refractivity contribution in [3.05, 3.63) is 101 Å². The van der Waals surface area contributed by atoms with E-state index in [9.17, 15) is 0 Å². The van der Waals surface area contributed by atoms with E-state index in [1.54, 1.807) is 0 Å². The van der Waals surface area contributed by atoms with E-state index >= 15 is 0 Å². The van der Waals surface area contributed by atoms with Crippen LogP contribution >= 0.6 is 0 Å². The van der Waals surface area contributed by atoms with Gasteiger partial charge in [0.2, 0.25) is 0 Å². The van der Waals surface area contributed by atoms with Crippen molar-refractivity contribution in [1.82, 2.24) is 0 Å². The first-order chi connectivity index (χ1) is 15.3. The molecule has 3 aromatic rings. The minimum absolute atomic E-state index is 0.463. The number of ether oxygens (including phenoxy) is 2. The van der Waals surface area contributed by atoms with Crippen molar-refractivity contribution >= 4 is 29.1 Å². The van der Waals surface area contributed by atoms with Crippen molar-refractivity contribution in [1.29, 1.82) is 0 Å². The molecule has 1 unspecified atom stereocenters. The van der Waals surface area contributed by atoms with Gasteiger partial charge in [0.05, 0.1) is 0 Å². The van der Waals surface area contributed by atoms with Crippen LogP contribution in [0, 0.1) is 17.8 Å². The molecule has 2 nitrogen and oxygen atoms in total. The summed E-state index contributed by atoms with van der Waals surface area (Å²) in [6, 6.07) is 33.6. The van der Waals surface area contributed by atoms with Gasteiger partial charge >= 0.3 is 190 Å². The second-order valence-corrected chi connectivity index (χ2v) is 19.3. The van der Waals surface area contributed by atoms with Gasteiger partial charge in [-0.15, -0.1) is 0 Å². The molecular formula is C28H30O2Sn. The molecule has 2 aliphatic rings. The summed E-state index contributed by atoms with van der Waals surface area (Å²) >= 11 is -3.42. The fourth-order valence-corrected chi connectivity index (χ4v) is 18.3. The average molecular weight is 517 g/mol. The molecule has 31 heavy (non-hydrogen) atoms. The summed E-state index contributed by atoms with van der Waals surface area (Å²) in [6.45, 7) is 5.63. The summed E-state index contributed by atoms with van der Waals surface area (Å²) in [6.07, 6.45) is 0. The molecular weight excluding hydrogens is 487 g/mol. The van der Waals surface area contributed by atoms with Gasteiger partial charge < -0.3 is 0 Å². The molecule has 3 aromatic carbocycles. The van der Waals surface area contributed by atoms with E-state index in [0.29, 0.717) is 17.8 Å². The van der Waals surface area contributed by atoms with Gasteiger partial charge in [0, 0.05) is 0 Å². The molecule has 3 heteroatoms. The van der Waals surface area contributed by atoms with Crippen LogP contribution in [0.5, 0.6) is 0 Å². The molecule has 0 spiro atoms. The van der Waals surface area contributed by atoms with Crippen LogP contribution in [0.25, 0.3) is 0 Å². The third-order valence-corrected chi connectivity index (χ3v) is 20.0. The third kappa shape index (κ3) is 4.02. The van der Waals surface area contributed by atoms with Gasteiger partial charge in [-0.25, -0.2) is 0 Å². The minimum atomic E-state index is -3.42. The predicted octanol–water partition coefficient (Wildman–Crippen LogP) is 3.55. The fraction of sp³-hybridized carbons (Fsp3) is 0.286. The molecule has 0 aliphatic carbocycles. The first-order valence-corrected chi connectivity index (χ1v) is 17.3. The van der Waals surface area contributed by atoms with E-state index in [-0.39, 0.29) is 0 Å². The Labute approximate surface area is 189 Å². The van der Waals surface area contributed by atoms with E-state index in [1.807, 2.05) is 0 Å². The van der Waals surface area contributed by atoms with Crippen molar-refractivity contribution in [2.45, 2.75) is 6.92 Å². The van der Waals surface area contributed by atoms with E-state index in [4.69, 9.17) is 9.47 Å². The number of rotatable bonds is 5. The molecule has 0 N–H and O–H groups in total. The van der Waals surface area contributed by atoms with Crippen molar-refractivity contribution in [3.63, 3.8) is 0 Å². The zero-order valence-electron chi connectivity index (χ0n) is 18.1. The van der Waals surface area contributed by atoms with E-state index < -0.39 is 18.4 Å². The van der Waals surface area contributed by atoms with E-state index in [1.165, 1.54) is 16.3 Å². The molecule has 2 aliphatic heterocycles. The summed E-state index contributed by atoms with van der Waals surface area (Å²) in [5.41, 5.74) is 1.50. The number of benzene rings is 3. The second-order valence-electron chi connectivity index (χ2n) is 8.93. The molecule has 2 fully saturated rings. The molecule has 2 heterocycles. The summed E-state index contributed by atoms with van der Waals surface area (Å²) in [5.74, 6) is 1.61. The van der Waals surface area contributed by atoms with Gasteiger partial charge in [0.25, 0.3) is 0 Å². The normalized spacial score (nSPS) is 25.2. The van der Waals surface area contributed by atoms with Crippen molar-refractivity contribution in [2.24, 2.45) is 17.8 Å². The summed E-state index contributed by atoms with van der Waals surface area (Å²) < 4.78 is 19.1. The van der Waals surface area contributed by atoms with Crippen LogP contribution in [0.15, 0.2) is 101 Å². The topological polar surface area (TPSA) is 18.5 Å². The Morgan fingerprint density at radius 3 is 1.65 bits per heavy atom. The predicted molar refractivity (Wildman–Crippen MR) is 130 cm³/mol. The van der Waals surface area contributed by atoms with Crippen LogP contribution in [-0.4, -0.2) is 44.8 Å². The maximum atomic E-state index is 6.09. The Balaban J connectivity index is 1.73. The van der Waals surface area contributed by atoms with E-state index in [2.05, 4.69) is 102 Å². The van der Waals surface area contributed by atoms with Crippen LogP contribution in [0.3, 0.4) is 0 Å². The molecule has 5 rings (SSSR count). The van der Waals surface area contributed by atoms with Gasteiger partial charge in [0.15, 0.2) is 0 Å². The average Bonchev–Trinajstić information content (AvgIpc) is 3.47. The van der Waals surface area contributed by atoms with Gasteiger partial charge in [-0.3, -0.25) is 0 Å². The van der Waals surface area contributed by atoms with Gasteiger partial charge in [0.1, 0.15) is 0 Å². The molecule has 0 amide bonds. The molecule has 2 saturated heterocycles. The quantitative estimate of drug-likeness (QED) is 0.483. The second kappa shape index (κ2) is 9.31. The Morgan fingerprint density at radius 2 is 1.19 bits per heavy atom. The zero-order chi connectivity index (χ0) is 21.1.